The summed E-state index contributed by atoms with van der Waals surface area (Å²) in [6.07, 6.45) is 1.24. The molecule has 2 rings (SSSR count). The number of hydrogen-bond donors (Lipinski definition) is 2. The summed E-state index contributed by atoms with van der Waals surface area (Å²) in [5.41, 5.74) is 0. The number of nitrogens with one attached hydrogen (secondary N) is 1. The smallest absolute Gasteiger partial charge is 0.326 e. The van der Waals surface area contributed by atoms with E-state index in [1.54, 1.807) is 6.07 Å². The lowest BCUT2D eigenvalue weighted by molar-refractivity contribution is -0.141. The van der Waals surface area contributed by atoms with Crippen LogP contribution >= 0.6 is 22.9 Å². The second-order valence-electron chi connectivity index (χ2n) is 4.50. The predicted octanol–water partition coefficient (Wildman–Crippen LogP) is 2.72. The maximum atomic E-state index is 12.1. The van der Waals surface area contributed by atoms with Crippen molar-refractivity contribution in [2.24, 2.45) is 0 Å². The van der Waals surface area contributed by atoms with Crippen LogP contribution in [-0.2, 0) is 4.79 Å². The van der Waals surface area contributed by atoms with Crippen molar-refractivity contribution in [3.8, 4) is 0 Å². The van der Waals surface area contributed by atoms with Crippen LogP contribution < -0.4 is 5.32 Å². The van der Waals surface area contributed by atoms with Crippen molar-refractivity contribution >= 4 is 34.9 Å². The summed E-state index contributed by atoms with van der Waals surface area (Å²) in [5.74, 6) is -0.945. The first-order valence-corrected chi connectivity index (χ1v) is 7.23. The quantitative estimate of drug-likeness (QED) is 0.902. The van der Waals surface area contributed by atoms with Crippen LogP contribution in [0, 0.1) is 0 Å². The minimum absolute atomic E-state index is 0.181. The molecule has 1 aliphatic heterocycles. The van der Waals surface area contributed by atoms with Crippen LogP contribution in [0.15, 0.2) is 12.1 Å². The number of nitrogens with zero attached hydrogens (tertiary/aromatic N) is 1. The van der Waals surface area contributed by atoms with Crippen molar-refractivity contribution < 1.29 is 14.7 Å². The van der Waals surface area contributed by atoms with Crippen LogP contribution in [0.3, 0.4) is 0 Å². The van der Waals surface area contributed by atoms with Gasteiger partial charge >= 0.3 is 12.0 Å². The molecular weight excluding hydrogens is 288 g/mol. The van der Waals surface area contributed by atoms with Crippen molar-refractivity contribution in [2.45, 2.75) is 31.8 Å². The van der Waals surface area contributed by atoms with Crippen molar-refractivity contribution in [1.82, 2.24) is 10.2 Å². The standard InChI is InChI=1S/C12H15ClN2O3S/c1-7(9-4-5-10(13)19-9)14-12(18)15-6-2-3-8(15)11(16)17/h4-5,7-8H,2-3,6H2,1H3,(H,14,18)(H,16,17)/t7?,8-/m1/s1. The number of carbonyl (C=O) groups excluding carboxylic acids is 1. The second-order valence-corrected chi connectivity index (χ2v) is 6.25. The number of thiophene rings is 1. The number of amides is 2. The van der Waals surface area contributed by atoms with Gasteiger partial charge in [-0.15, -0.1) is 11.3 Å². The molecule has 0 radical (unpaired) electrons. The summed E-state index contributed by atoms with van der Waals surface area (Å²) in [7, 11) is 0. The largest absolute Gasteiger partial charge is 0.480 e. The number of carbonyl (C=O) groups is 2. The average molecular weight is 303 g/mol. The zero-order valence-corrected chi connectivity index (χ0v) is 12.0. The summed E-state index contributed by atoms with van der Waals surface area (Å²) in [5, 5.41) is 11.9. The highest BCUT2D eigenvalue weighted by Gasteiger charge is 2.34. The molecule has 2 heterocycles. The van der Waals surface area contributed by atoms with E-state index in [4.69, 9.17) is 16.7 Å². The van der Waals surface area contributed by atoms with Gasteiger partial charge in [0.2, 0.25) is 0 Å². The lowest BCUT2D eigenvalue weighted by Gasteiger charge is -2.24. The van der Waals surface area contributed by atoms with Gasteiger partial charge in [-0.2, -0.15) is 0 Å². The van der Waals surface area contributed by atoms with Gasteiger partial charge in [0, 0.05) is 11.4 Å². The molecule has 0 bridgehead atoms. The van der Waals surface area contributed by atoms with Gasteiger partial charge in [-0.05, 0) is 31.9 Å². The molecule has 1 unspecified atom stereocenters. The Balaban J connectivity index is 1.99. The van der Waals surface area contributed by atoms with E-state index in [1.807, 2.05) is 13.0 Å². The third-order valence-corrected chi connectivity index (χ3v) is 4.57. The highest BCUT2D eigenvalue weighted by Crippen LogP contribution is 2.27. The number of urea groups is 1. The Morgan fingerprint density at radius 3 is 2.89 bits per heavy atom. The number of hydrogen-bond acceptors (Lipinski definition) is 3. The van der Waals surface area contributed by atoms with E-state index >= 15 is 0 Å². The van der Waals surface area contributed by atoms with Gasteiger partial charge in [-0.1, -0.05) is 11.6 Å². The van der Waals surface area contributed by atoms with E-state index < -0.39 is 12.0 Å². The first kappa shape index (κ1) is 14.1. The molecule has 0 aliphatic carbocycles. The minimum atomic E-state index is -0.945. The molecule has 7 heteroatoms. The molecule has 1 aromatic heterocycles. The topological polar surface area (TPSA) is 69.6 Å². The SMILES string of the molecule is CC(NC(=O)N1CCC[C@@H]1C(=O)O)c1ccc(Cl)s1. The molecule has 2 N–H and O–H groups in total. The Kier molecular flexibility index (Phi) is 4.31. The van der Waals surface area contributed by atoms with E-state index in [1.165, 1.54) is 16.2 Å². The molecule has 1 aliphatic rings. The summed E-state index contributed by atoms with van der Waals surface area (Å²) in [4.78, 5) is 25.4. The van der Waals surface area contributed by atoms with E-state index in [0.29, 0.717) is 17.3 Å². The van der Waals surface area contributed by atoms with Gasteiger partial charge in [0.15, 0.2) is 0 Å². The predicted molar refractivity (Wildman–Crippen MR) is 73.6 cm³/mol. The Bertz CT molecular complexity index is 491. The summed E-state index contributed by atoms with van der Waals surface area (Å²) < 4.78 is 0.667. The first-order chi connectivity index (χ1) is 8.99. The number of rotatable bonds is 3. The molecule has 19 heavy (non-hydrogen) atoms. The fourth-order valence-electron chi connectivity index (χ4n) is 2.17. The van der Waals surface area contributed by atoms with Crippen LogP contribution in [-0.4, -0.2) is 34.6 Å². The van der Waals surface area contributed by atoms with Crippen LogP contribution in [0.1, 0.15) is 30.7 Å². The van der Waals surface area contributed by atoms with E-state index in [2.05, 4.69) is 5.32 Å². The zero-order chi connectivity index (χ0) is 14.0. The molecule has 0 spiro atoms. The third kappa shape index (κ3) is 3.19. The maximum Gasteiger partial charge on any atom is 0.326 e. The number of carboxylic acid groups (broad SMARTS) is 1. The van der Waals surface area contributed by atoms with Gasteiger partial charge in [-0.3, -0.25) is 0 Å². The second kappa shape index (κ2) is 5.79. The van der Waals surface area contributed by atoms with Gasteiger partial charge in [0.1, 0.15) is 6.04 Å². The van der Waals surface area contributed by atoms with E-state index in [-0.39, 0.29) is 12.1 Å². The first-order valence-electron chi connectivity index (χ1n) is 6.04. The summed E-state index contributed by atoms with van der Waals surface area (Å²) in [6.45, 7) is 2.34. The van der Waals surface area contributed by atoms with Gasteiger partial charge < -0.3 is 15.3 Å². The number of halogens is 1. The van der Waals surface area contributed by atoms with Crippen molar-refractivity contribution in [3.05, 3.63) is 21.3 Å². The Morgan fingerprint density at radius 1 is 1.58 bits per heavy atom. The Hall–Kier alpha value is -1.27. The Morgan fingerprint density at radius 2 is 2.32 bits per heavy atom. The van der Waals surface area contributed by atoms with E-state index in [0.717, 1.165) is 11.3 Å². The average Bonchev–Trinajstić information content (AvgIpc) is 2.96. The Labute approximate surface area is 120 Å². The zero-order valence-electron chi connectivity index (χ0n) is 10.4. The fraction of sp³-hybridized carbons (Fsp3) is 0.500. The highest BCUT2D eigenvalue weighted by atomic mass is 35.5. The normalized spacial score (nSPS) is 20.3. The lowest BCUT2D eigenvalue weighted by atomic mass is 10.2. The number of likely N-dealkylation sites (tertiary alicyclic amines) is 1. The maximum absolute atomic E-state index is 12.1. The fourth-order valence-corrected chi connectivity index (χ4v) is 3.23. The van der Waals surface area contributed by atoms with Gasteiger partial charge in [0.25, 0.3) is 0 Å². The van der Waals surface area contributed by atoms with E-state index in [9.17, 15) is 9.59 Å². The molecule has 1 fully saturated rings. The number of aliphatic carboxylic acids is 1. The van der Waals surface area contributed by atoms with Crippen molar-refractivity contribution in [2.75, 3.05) is 6.54 Å². The van der Waals surface area contributed by atoms with Crippen LogP contribution in [0.25, 0.3) is 0 Å². The van der Waals surface area contributed by atoms with Gasteiger partial charge in [0.05, 0.1) is 10.4 Å². The molecule has 2 amide bonds. The lowest BCUT2D eigenvalue weighted by Crippen LogP contribution is -2.46. The molecule has 0 saturated carbocycles. The summed E-state index contributed by atoms with van der Waals surface area (Å²) >= 11 is 7.25. The van der Waals surface area contributed by atoms with Gasteiger partial charge in [-0.25, -0.2) is 9.59 Å². The monoisotopic (exact) mass is 302 g/mol. The molecule has 1 saturated heterocycles. The van der Waals surface area contributed by atoms with Crippen LogP contribution in [0.5, 0.6) is 0 Å². The molecule has 1 aromatic rings. The minimum Gasteiger partial charge on any atom is -0.480 e. The molecule has 0 aromatic carbocycles. The van der Waals surface area contributed by atoms with Crippen molar-refractivity contribution in [1.29, 1.82) is 0 Å². The summed E-state index contributed by atoms with van der Waals surface area (Å²) in [6, 6.07) is 2.41. The number of carboxylic acids is 1. The third-order valence-electron chi connectivity index (χ3n) is 3.16. The molecule has 104 valence electrons. The van der Waals surface area contributed by atoms with Crippen LogP contribution in [0.4, 0.5) is 4.79 Å². The van der Waals surface area contributed by atoms with Crippen LogP contribution in [0.2, 0.25) is 4.34 Å². The molecule has 2 atom stereocenters. The molecule has 5 nitrogen and oxygen atoms in total. The van der Waals surface area contributed by atoms with Crippen molar-refractivity contribution in [3.63, 3.8) is 0 Å². The highest BCUT2D eigenvalue weighted by molar-refractivity contribution is 7.16. The molecular formula is C12H15ClN2O3S.